The summed E-state index contributed by atoms with van der Waals surface area (Å²) in [4.78, 5) is 11.8. The Balaban J connectivity index is 1.95. The lowest BCUT2D eigenvalue weighted by Gasteiger charge is -2.12. The van der Waals surface area contributed by atoms with E-state index in [0.29, 0.717) is 24.1 Å². The Bertz CT molecular complexity index is 532. The summed E-state index contributed by atoms with van der Waals surface area (Å²) in [6.45, 7) is 1.67. The van der Waals surface area contributed by atoms with Crippen LogP contribution in [0.25, 0.3) is 0 Å². The Labute approximate surface area is 112 Å². The Morgan fingerprint density at radius 3 is 2.79 bits per heavy atom. The number of anilines is 1. The van der Waals surface area contributed by atoms with Gasteiger partial charge in [0, 0.05) is 24.1 Å². The van der Waals surface area contributed by atoms with Crippen molar-refractivity contribution in [3.63, 3.8) is 0 Å². The lowest BCUT2D eigenvalue weighted by molar-refractivity contribution is -0.116. The van der Waals surface area contributed by atoms with Gasteiger partial charge in [0.1, 0.15) is 5.76 Å². The fraction of sp³-hybridized carbons (Fsp3) is 0.267. The number of aliphatic hydroxyl groups excluding tert-OH is 1. The number of para-hydroxylation sites is 1. The highest BCUT2D eigenvalue weighted by atomic mass is 16.3. The fourth-order valence-corrected chi connectivity index (χ4v) is 1.88. The van der Waals surface area contributed by atoms with E-state index in [4.69, 9.17) is 4.42 Å². The maximum absolute atomic E-state index is 11.8. The molecule has 100 valence electrons. The smallest absolute Gasteiger partial charge is 0.224 e. The van der Waals surface area contributed by atoms with E-state index in [9.17, 15) is 9.90 Å². The predicted octanol–water partition coefficient (Wildman–Crippen LogP) is 2.90. The first-order valence-corrected chi connectivity index (χ1v) is 6.26. The second-order valence-corrected chi connectivity index (χ2v) is 4.39. The number of amides is 1. The van der Waals surface area contributed by atoms with Crippen molar-refractivity contribution in [2.24, 2.45) is 0 Å². The van der Waals surface area contributed by atoms with E-state index >= 15 is 0 Å². The van der Waals surface area contributed by atoms with Crippen LogP contribution in [0.1, 0.15) is 30.8 Å². The first-order chi connectivity index (χ1) is 9.16. The van der Waals surface area contributed by atoms with Crippen molar-refractivity contribution >= 4 is 11.6 Å². The number of aliphatic hydroxyl groups is 1. The number of benzene rings is 1. The van der Waals surface area contributed by atoms with Crippen molar-refractivity contribution in [1.82, 2.24) is 0 Å². The average Bonchev–Trinajstić information content (AvgIpc) is 2.90. The molecule has 4 heteroatoms. The predicted molar refractivity (Wildman–Crippen MR) is 72.7 cm³/mol. The number of hydrogen-bond acceptors (Lipinski definition) is 3. The molecule has 2 N–H and O–H groups in total. The number of rotatable bonds is 5. The van der Waals surface area contributed by atoms with Crippen LogP contribution >= 0.6 is 0 Å². The van der Waals surface area contributed by atoms with Gasteiger partial charge in [0.05, 0.1) is 12.4 Å². The zero-order valence-corrected chi connectivity index (χ0v) is 10.8. The molecule has 1 heterocycles. The van der Waals surface area contributed by atoms with Crippen molar-refractivity contribution in [1.29, 1.82) is 0 Å². The molecular formula is C15H17NO3. The Hall–Kier alpha value is -2.07. The Morgan fingerprint density at radius 1 is 1.32 bits per heavy atom. The van der Waals surface area contributed by atoms with Gasteiger partial charge in [0.25, 0.3) is 0 Å². The summed E-state index contributed by atoms with van der Waals surface area (Å²) in [5, 5.41) is 12.4. The summed E-state index contributed by atoms with van der Waals surface area (Å²) in [6.07, 6.45) is 1.90. The Kier molecular flexibility index (Phi) is 4.36. The van der Waals surface area contributed by atoms with Crippen molar-refractivity contribution in [3.05, 3.63) is 54.0 Å². The summed E-state index contributed by atoms with van der Waals surface area (Å²) in [7, 11) is 0. The summed E-state index contributed by atoms with van der Waals surface area (Å²) >= 11 is 0. The van der Waals surface area contributed by atoms with E-state index in [2.05, 4.69) is 5.32 Å². The number of aryl methyl sites for hydroxylation is 1. The lowest BCUT2D eigenvalue weighted by Crippen LogP contribution is -2.14. The average molecular weight is 259 g/mol. The number of nitrogens with one attached hydrogen (secondary N) is 1. The molecule has 4 nitrogen and oxygen atoms in total. The van der Waals surface area contributed by atoms with E-state index in [1.54, 1.807) is 31.4 Å². The molecule has 1 aromatic heterocycles. The van der Waals surface area contributed by atoms with E-state index < -0.39 is 6.10 Å². The zero-order chi connectivity index (χ0) is 13.7. The molecule has 0 fully saturated rings. The van der Waals surface area contributed by atoms with Crippen molar-refractivity contribution in [2.75, 3.05) is 5.32 Å². The van der Waals surface area contributed by atoms with Crippen LogP contribution in [0.15, 0.2) is 47.1 Å². The summed E-state index contributed by atoms with van der Waals surface area (Å²) in [6, 6.07) is 10.9. The molecule has 19 heavy (non-hydrogen) atoms. The molecular weight excluding hydrogens is 242 g/mol. The minimum absolute atomic E-state index is 0.0931. The topological polar surface area (TPSA) is 62.5 Å². The molecule has 2 rings (SSSR count). The molecule has 0 saturated heterocycles. The maximum atomic E-state index is 11.8. The molecule has 2 aromatic rings. The van der Waals surface area contributed by atoms with Crippen LogP contribution in [0.4, 0.5) is 5.69 Å². The van der Waals surface area contributed by atoms with Crippen molar-refractivity contribution < 1.29 is 14.3 Å². The monoisotopic (exact) mass is 259 g/mol. The number of hydrogen-bond donors (Lipinski definition) is 2. The van der Waals surface area contributed by atoms with E-state index in [1.807, 2.05) is 18.2 Å². The highest BCUT2D eigenvalue weighted by Gasteiger charge is 2.10. The molecule has 0 radical (unpaired) electrons. The highest BCUT2D eigenvalue weighted by Crippen LogP contribution is 2.22. The van der Waals surface area contributed by atoms with E-state index in [1.165, 1.54) is 0 Å². The SMILES string of the molecule is CC(O)c1ccccc1NC(=O)CCc1ccco1. The van der Waals surface area contributed by atoms with Gasteiger partial charge in [0.15, 0.2) is 0 Å². The second kappa shape index (κ2) is 6.20. The molecule has 1 atom stereocenters. The van der Waals surface area contributed by atoms with Crippen molar-refractivity contribution in [3.8, 4) is 0 Å². The first-order valence-electron chi connectivity index (χ1n) is 6.26. The largest absolute Gasteiger partial charge is 0.469 e. The van der Waals surface area contributed by atoms with Gasteiger partial charge in [-0.05, 0) is 25.1 Å². The molecule has 0 bridgehead atoms. The summed E-state index contributed by atoms with van der Waals surface area (Å²) < 4.78 is 5.18. The van der Waals surface area contributed by atoms with Gasteiger partial charge < -0.3 is 14.8 Å². The van der Waals surface area contributed by atoms with Gasteiger partial charge in [-0.1, -0.05) is 18.2 Å². The maximum Gasteiger partial charge on any atom is 0.224 e. The van der Waals surface area contributed by atoms with Gasteiger partial charge in [-0.2, -0.15) is 0 Å². The normalized spacial score (nSPS) is 12.1. The van der Waals surface area contributed by atoms with Crippen LogP contribution in [-0.4, -0.2) is 11.0 Å². The minimum Gasteiger partial charge on any atom is -0.469 e. The third-order valence-electron chi connectivity index (χ3n) is 2.86. The molecule has 1 aromatic carbocycles. The minimum atomic E-state index is -0.610. The third kappa shape index (κ3) is 3.69. The molecule has 0 aliphatic heterocycles. The highest BCUT2D eigenvalue weighted by molar-refractivity contribution is 5.91. The molecule has 0 saturated carbocycles. The van der Waals surface area contributed by atoms with Crippen LogP contribution < -0.4 is 5.32 Å². The quantitative estimate of drug-likeness (QED) is 0.867. The first kappa shape index (κ1) is 13.4. The van der Waals surface area contributed by atoms with Gasteiger partial charge in [0.2, 0.25) is 5.91 Å². The zero-order valence-electron chi connectivity index (χ0n) is 10.8. The molecule has 1 amide bonds. The van der Waals surface area contributed by atoms with Crippen LogP contribution in [0, 0.1) is 0 Å². The van der Waals surface area contributed by atoms with E-state index in [-0.39, 0.29) is 5.91 Å². The van der Waals surface area contributed by atoms with Crippen molar-refractivity contribution in [2.45, 2.75) is 25.9 Å². The molecule has 0 aliphatic rings. The van der Waals surface area contributed by atoms with E-state index in [0.717, 1.165) is 5.76 Å². The molecule has 0 aliphatic carbocycles. The van der Waals surface area contributed by atoms with Gasteiger partial charge in [-0.25, -0.2) is 0 Å². The van der Waals surface area contributed by atoms with Gasteiger partial charge in [-0.15, -0.1) is 0 Å². The van der Waals surface area contributed by atoms with Crippen LogP contribution in [0.2, 0.25) is 0 Å². The number of carbonyl (C=O) groups is 1. The number of carbonyl (C=O) groups excluding carboxylic acids is 1. The molecule has 1 unspecified atom stereocenters. The van der Waals surface area contributed by atoms with Gasteiger partial charge >= 0.3 is 0 Å². The fourth-order valence-electron chi connectivity index (χ4n) is 1.88. The third-order valence-corrected chi connectivity index (χ3v) is 2.86. The summed E-state index contributed by atoms with van der Waals surface area (Å²) in [5.74, 6) is 0.698. The molecule has 0 spiro atoms. The second-order valence-electron chi connectivity index (χ2n) is 4.39. The number of furan rings is 1. The Morgan fingerprint density at radius 2 is 2.11 bits per heavy atom. The van der Waals surface area contributed by atoms with Crippen LogP contribution in [0.5, 0.6) is 0 Å². The standard InChI is InChI=1S/C15H17NO3/c1-11(17)13-6-2-3-7-14(13)16-15(18)9-8-12-5-4-10-19-12/h2-7,10-11,17H,8-9H2,1H3,(H,16,18). The van der Waals surface area contributed by atoms with Crippen LogP contribution in [0.3, 0.4) is 0 Å². The lowest BCUT2D eigenvalue weighted by atomic mass is 10.1. The summed E-state index contributed by atoms with van der Waals surface area (Å²) in [5.41, 5.74) is 1.37. The van der Waals surface area contributed by atoms with Gasteiger partial charge in [-0.3, -0.25) is 4.79 Å². The van der Waals surface area contributed by atoms with Crippen LogP contribution in [-0.2, 0) is 11.2 Å².